The fraction of sp³-hybridized carbons (Fsp3) is 0.471. The second-order valence-electron chi connectivity index (χ2n) is 6.86. The monoisotopic (exact) mass is 330 g/mol. The molecule has 1 saturated heterocycles. The summed E-state index contributed by atoms with van der Waals surface area (Å²) < 4.78 is 11.3. The smallest absolute Gasteiger partial charge is 0.410 e. The predicted octanol–water partition coefficient (Wildman–Crippen LogP) is 2.60. The molecule has 7 heteroatoms. The molecule has 2 N–H and O–H groups in total. The van der Waals surface area contributed by atoms with Crippen molar-refractivity contribution in [2.45, 2.75) is 38.9 Å². The van der Waals surface area contributed by atoms with Crippen LogP contribution in [0.1, 0.15) is 27.2 Å². The van der Waals surface area contributed by atoms with Crippen LogP contribution < -0.4 is 10.5 Å². The molecule has 0 radical (unpaired) electrons. The minimum atomic E-state index is -0.510. The number of carbonyl (C=O) groups is 1. The number of fused-ring (bicyclic) bond motifs is 1. The van der Waals surface area contributed by atoms with Crippen molar-refractivity contribution in [1.29, 1.82) is 0 Å². The van der Waals surface area contributed by atoms with E-state index in [9.17, 15) is 4.79 Å². The third-order valence-electron chi connectivity index (χ3n) is 3.64. The van der Waals surface area contributed by atoms with Crippen LogP contribution in [-0.4, -0.2) is 45.8 Å². The molecule has 0 bridgehead atoms. The second-order valence-corrected chi connectivity index (χ2v) is 6.86. The standard InChI is InChI=1S/C17H22N4O3/c1-17(2,3)24-16(22)21-9-8-11(10-21)23-15-14(18)19-12-6-4-5-7-13(12)20-15/h4-7,11H,8-10H2,1-3H3,(H2,18,19)/t11-/m1/s1. The molecule has 0 saturated carbocycles. The van der Waals surface area contributed by atoms with Crippen molar-refractivity contribution < 1.29 is 14.3 Å². The summed E-state index contributed by atoms with van der Waals surface area (Å²) in [5.74, 6) is 0.564. The van der Waals surface area contributed by atoms with E-state index in [1.807, 2.05) is 45.0 Å². The summed E-state index contributed by atoms with van der Waals surface area (Å²) >= 11 is 0. The highest BCUT2D eigenvalue weighted by atomic mass is 16.6. The van der Waals surface area contributed by atoms with E-state index < -0.39 is 5.60 Å². The average molecular weight is 330 g/mol. The summed E-state index contributed by atoms with van der Waals surface area (Å²) in [5.41, 5.74) is 6.88. The van der Waals surface area contributed by atoms with Gasteiger partial charge in [-0.2, -0.15) is 0 Å². The molecule has 0 aliphatic carbocycles. The minimum absolute atomic E-state index is 0.171. The third-order valence-corrected chi connectivity index (χ3v) is 3.64. The van der Waals surface area contributed by atoms with Crippen LogP contribution in [0.2, 0.25) is 0 Å². The second kappa shape index (κ2) is 6.14. The number of nitrogens with two attached hydrogens (primary N) is 1. The molecule has 1 aromatic carbocycles. The largest absolute Gasteiger partial charge is 0.470 e. The Morgan fingerprint density at radius 1 is 1.25 bits per heavy atom. The van der Waals surface area contributed by atoms with Crippen LogP contribution in [0.25, 0.3) is 11.0 Å². The number of rotatable bonds is 2. The molecule has 0 spiro atoms. The van der Waals surface area contributed by atoms with Gasteiger partial charge in [-0.1, -0.05) is 12.1 Å². The lowest BCUT2D eigenvalue weighted by molar-refractivity contribution is 0.0275. The summed E-state index contributed by atoms with van der Waals surface area (Å²) in [6.45, 7) is 6.57. The van der Waals surface area contributed by atoms with Gasteiger partial charge in [-0.3, -0.25) is 0 Å². The number of anilines is 1. The highest BCUT2D eigenvalue weighted by Gasteiger charge is 2.31. The molecule has 1 aliphatic rings. The van der Waals surface area contributed by atoms with E-state index in [1.54, 1.807) is 4.90 Å². The molecule has 1 amide bonds. The molecule has 3 rings (SSSR count). The Morgan fingerprint density at radius 2 is 1.92 bits per heavy atom. The van der Waals surface area contributed by atoms with Gasteiger partial charge in [0.25, 0.3) is 5.88 Å². The maximum atomic E-state index is 12.1. The molecule has 1 atom stereocenters. The zero-order valence-electron chi connectivity index (χ0n) is 14.2. The van der Waals surface area contributed by atoms with E-state index in [0.29, 0.717) is 25.4 Å². The number of carbonyl (C=O) groups excluding carboxylic acids is 1. The van der Waals surface area contributed by atoms with Gasteiger partial charge in [-0.25, -0.2) is 14.8 Å². The molecule has 24 heavy (non-hydrogen) atoms. The highest BCUT2D eigenvalue weighted by Crippen LogP contribution is 2.24. The number of nitrogen functional groups attached to an aromatic ring is 1. The van der Waals surface area contributed by atoms with Crippen molar-refractivity contribution >= 4 is 22.9 Å². The number of hydrogen-bond acceptors (Lipinski definition) is 6. The lowest BCUT2D eigenvalue weighted by Gasteiger charge is -2.24. The van der Waals surface area contributed by atoms with E-state index in [4.69, 9.17) is 15.2 Å². The number of para-hydroxylation sites is 2. The first-order chi connectivity index (χ1) is 11.3. The van der Waals surface area contributed by atoms with Crippen LogP contribution in [0.5, 0.6) is 5.88 Å². The van der Waals surface area contributed by atoms with Gasteiger partial charge in [0.2, 0.25) is 0 Å². The quantitative estimate of drug-likeness (QED) is 0.910. The lowest BCUT2D eigenvalue weighted by Crippen LogP contribution is -2.36. The van der Waals surface area contributed by atoms with Crippen LogP contribution in [0.15, 0.2) is 24.3 Å². The van der Waals surface area contributed by atoms with Gasteiger partial charge in [0, 0.05) is 13.0 Å². The van der Waals surface area contributed by atoms with Crippen molar-refractivity contribution in [3.05, 3.63) is 24.3 Å². The molecule has 1 aliphatic heterocycles. The van der Waals surface area contributed by atoms with Gasteiger partial charge in [0.1, 0.15) is 11.7 Å². The molecule has 7 nitrogen and oxygen atoms in total. The Bertz CT molecular complexity index is 757. The summed E-state index contributed by atoms with van der Waals surface area (Å²) in [6, 6.07) is 7.47. The van der Waals surface area contributed by atoms with Crippen molar-refractivity contribution in [2.24, 2.45) is 0 Å². The molecule has 2 heterocycles. The van der Waals surface area contributed by atoms with Crippen molar-refractivity contribution in [3.63, 3.8) is 0 Å². The summed E-state index contributed by atoms with van der Waals surface area (Å²) in [5, 5.41) is 0. The van der Waals surface area contributed by atoms with E-state index in [-0.39, 0.29) is 18.0 Å². The normalized spacial score (nSPS) is 18.0. The van der Waals surface area contributed by atoms with Crippen LogP contribution in [0, 0.1) is 0 Å². The van der Waals surface area contributed by atoms with Gasteiger partial charge in [-0.15, -0.1) is 0 Å². The first kappa shape index (κ1) is 16.3. The third kappa shape index (κ3) is 3.67. The number of hydrogen-bond donors (Lipinski definition) is 1. The molecule has 2 aromatic rings. The van der Waals surface area contributed by atoms with Crippen LogP contribution in [0.3, 0.4) is 0 Å². The minimum Gasteiger partial charge on any atom is -0.470 e. The molecule has 0 unspecified atom stereocenters. The fourth-order valence-corrected chi connectivity index (χ4v) is 2.56. The van der Waals surface area contributed by atoms with Crippen LogP contribution in [-0.2, 0) is 4.74 Å². The first-order valence-electron chi connectivity index (χ1n) is 7.99. The molecular formula is C17H22N4O3. The Kier molecular flexibility index (Phi) is 4.17. The Morgan fingerprint density at radius 3 is 2.58 bits per heavy atom. The lowest BCUT2D eigenvalue weighted by atomic mass is 10.2. The van der Waals surface area contributed by atoms with E-state index in [1.165, 1.54) is 0 Å². The number of benzene rings is 1. The van der Waals surface area contributed by atoms with E-state index >= 15 is 0 Å². The maximum absolute atomic E-state index is 12.1. The Hall–Kier alpha value is -2.57. The van der Waals surface area contributed by atoms with Crippen LogP contribution in [0.4, 0.5) is 10.6 Å². The maximum Gasteiger partial charge on any atom is 0.410 e. The van der Waals surface area contributed by atoms with Crippen molar-refractivity contribution in [2.75, 3.05) is 18.8 Å². The van der Waals surface area contributed by atoms with Crippen molar-refractivity contribution in [1.82, 2.24) is 14.9 Å². The zero-order valence-corrected chi connectivity index (χ0v) is 14.2. The van der Waals surface area contributed by atoms with Gasteiger partial charge in [-0.05, 0) is 32.9 Å². The fourth-order valence-electron chi connectivity index (χ4n) is 2.56. The highest BCUT2D eigenvalue weighted by molar-refractivity contribution is 5.76. The SMILES string of the molecule is CC(C)(C)OC(=O)N1CC[C@@H](Oc2nc3ccccc3nc2N)C1. The first-order valence-corrected chi connectivity index (χ1v) is 7.99. The summed E-state index contributed by atoms with van der Waals surface area (Å²) in [7, 11) is 0. The van der Waals surface area contributed by atoms with E-state index in [0.717, 1.165) is 11.0 Å². The number of amides is 1. The van der Waals surface area contributed by atoms with Crippen LogP contribution >= 0.6 is 0 Å². The molecular weight excluding hydrogens is 308 g/mol. The summed E-state index contributed by atoms with van der Waals surface area (Å²) in [4.78, 5) is 22.5. The Balaban J connectivity index is 1.67. The average Bonchev–Trinajstić information content (AvgIpc) is 2.95. The van der Waals surface area contributed by atoms with E-state index in [2.05, 4.69) is 9.97 Å². The number of aromatic nitrogens is 2. The summed E-state index contributed by atoms with van der Waals surface area (Å²) in [6.07, 6.45) is 0.203. The van der Waals surface area contributed by atoms with Gasteiger partial charge in [0.05, 0.1) is 17.6 Å². The number of likely N-dealkylation sites (tertiary alicyclic amines) is 1. The predicted molar refractivity (Wildman–Crippen MR) is 90.8 cm³/mol. The zero-order chi connectivity index (χ0) is 17.3. The molecule has 1 aromatic heterocycles. The topological polar surface area (TPSA) is 90.6 Å². The van der Waals surface area contributed by atoms with Crippen molar-refractivity contribution in [3.8, 4) is 5.88 Å². The Labute approximate surface area is 140 Å². The molecule has 128 valence electrons. The van der Waals surface area contributed by atoms with Gasteiger partial charge < -0.3 is 20.1 Å². The number of nitrogens with zero attached hydrogens (tertiary/aromatic N) is 3. The van der Waals surface area contributed by atoms with Gasteiger partial charge >= 0.3 is 6.09 Å². The van der Waals surface area contributed by atoms with Gasteiger partial charge in [0.15, 0.2) is 5.82 Å². The number of ether oxygens (including phenoxy) is 2. The molecule has 1 fully saturated rings.